The van der Waals surface area contributed by atoms with Crippen LogP contribution in [-0.4, -0.2) is 21.8 Å². The second-order valence-electron chi connectivity index (χ2n) is 5.49. The molecule has 0 bridgehead atoms. The van der Waals surface area contributed by atoms with E-state index in [2.05, 4.69) is 20.9 Å². The number of phenols is 1. The molecule has 1 saturated heterocycles. The fourth-order valence-electron chi connectivity index (χ4n) is 2.81. The lowest BCUT2D eigenvalue weighted by Crippen LogP contribution is -2.28. The lowest BCUT2D eigenvalue weighted by atomic mass is 10.2. The van der Waals surface area contributed by atoms with Crippen LogP contribution in [0, 0.1) is 0 Å². The van der Waals surface area contributed by atoms with Gasteiger partial charge in [0, 0.05) is 15.5 Å². The molecule has 120 valence electrons. The van der Waals surface area contributed by atoms with Crippen molar-refractivity contribution in [2.24, 2.45) is 0 Å². The summed E-state index contributed by atoms with van der Waals surface area (Å²) in [6.45, 7) is 0. The summed E-state index contributed by atoms with van der Waals surface area (Å²) in [5.41, 5.74) is 2.17. The van der Waals surface area contributed by atoms with Crippen LogP contribution in [0.4, 0.5) is 5.69 Å². The molecule has 1 fully saturated rings. The van der Waals surface area contributed by atoms with Crippen molar-refractivity contribution in [2.45, 2.75) is 5.37 Å². The van der Waals surface area contributed by atoms with Gasteiger partial charge in [-0.25, -0.2) is 4.98 Å². The zero-order valence-electron chi connectivity index (χ0n) is 12.5. The lowest BCUT2D eigenvalue weighted by molar-refractivity contribution is -0.115. The summed E-state index contributed by atoms with van der Waals surface area (Å²) in [4.78, 5) is 18.8. The third-order valence-electron chi connectivity index (χ3n) is 3.95. The fraction of sp³-hybridized carbons (Fsp3) is 0.111. The standard InChI is InChI=1S/C18H13BrN2O2S/c19-12-5-7-13(8-6-12)21-16(23)10-24-18(21)14-9-4-11-2-1-3-15(22)17(11)20-14/h1-9,18,22H,10H2. The number of hydrogen-bond acceptors (Lipinski definition) is 4. The first-order valence-electron chi connectivity index (χ1n) is 7.41. The van der Waals surface area contributed by atoms with E-state index < -0.39 is 0 Å². The Bertz CT molecular complexity index is 930. The van der Waals surface area contributed by atoms with Crippen LogP contribution in [0.3, 0.4) is 0 Å². The van der Waals surface area contributed by atoms with E-state index >= 15 is 0 Å². The first kappa shape index (κ1) is 15.5. The second-order valence-corrected chi connectivity index (χ2v) is 7.47. The molecule has 0 radical (unpaired) electrons. The summed E-state index contributed by atoms with van der Waals surface area (Å²) in [5.74, 6) is 0.631. The van der Waals surface area contributed by atoms with Crippen molar-refractivity contribution in [3.8, 4) is 5.75 Å². The number of aromatic hydroxyl groups is 1. The van der Waals surface area contributed by atoms with E-state index in [4.69, 9.17) is 0 Å². The lowest BCUT2D eigenvalue weighted by Gasteiger charge is -2.24. The van der Waals surface area contributed by atoms with Crippen molar-refractivity contribution in [3.63, 3.8) is 0 Å². The van der Waals surface area contributed by atoms with Gasteiger partial charge in [0.2, 0.25) is 5.91 Å². The Morgan fingerprint density at radius 3 is 2.71 bits per heavy atom. The van der Waals surface area contributed by atoms with Gasteiger partial charge in [-0.1, -0.05) is 34.1 Å². The number of halogens is 1. The molecule has 1 unspecified atom stereocenters. The van der Waals surface area contributed by atoms with Gasteiger partial charge < -0.3 is 5.11 Å². The van der Waals surface area contributed by atoms with Crippen molar-refractivity contribution in [3.05, 3.63) is 64.8 Å². The fourth-order valence-corrected chi connectivity index (χ4v) is 4.20. The molecule has 3 aromatic rings. The van der Waals surface area contributed by atoms with E-state index in [0.29, 0.717) is 11.3 Å². The number of nitrogens with zero attached hydrogens (tertiary/aromatic N) is 2. The quantitative estimate of drug-likeness (QED) is 0.688. The van der Waals surface area contributed by atoms with Crippen LogP contribution < -0.4 is 4.90 Å². The predicted octanol–water partition coefficient (Wildman–Crippen LogP) is 4.48. The minimum Gasteiger partial charge on any atom is -0.506 e. The van der Waals surface area contributed by atoms with Crippen LogP contribution in [-0.2, 0) is 4.79 Å². The Kier molecular flexibility index (Phi) is 3.94. The van der Waals surface area contributed by atoms with Gasteiger partial charge in [0.15, 0.2) is 0 Å². The number of pyridine rings is 1. The Morgan fingerprint density at radius 2 is 1.92 bits per heavy atom. The molecule has 1 aromatic heterocycles. The van der Waals surface area contributed by atoms with E-state index in [1.807, 2.05) is 42.5 Å². The SMILES string of the molecule is O=C1CSC(c2ccc3cccc(O)c3n2)N1c1ccc(Br)cc1. The molecule has 0 spiro atoms. The molecule has 4 rings (SSSR count). The summed E-state index contributed by atoms with van der Waals surface area (Å²) in [5, 5.41) is 10.7. The van der Waals surface area contributed by atoms with Gasteiger partial charge in [-0.05, 0) is 36.4 Å². The number of benzene rings is 2. The maximum Gasteiger partial charge on any atom is 0.238 e. The average molecular weight is 401 g/mol. The molecule has 1 aliphatic rings. The summed E-state index contributed by atoms with van der Waals surface area (Å²) >= 11 is 4.96. The largest absolute Gasteiger partial charge is 0.506 e. The van der Waals surface area contributed by atoms with Crippen molar-refractivity contribution >= 4 is 50.2 Å². The van der Waals surface area contributed by atoms with Crippen LogP contribution in [0.1, 0.15) is 11.1 Å². The number of aromatic nitrogens is 1. The third-order valence-corrected chi connectivity index (χ3v) is 5.66. The third kappa shape index (κ3) is 2.65. The van der Waals surface area contributed by atoms with E-state index in [1.165, 1.54) is 0 Å². The van der Waals surface area contributed by atoms with Crippen molar-refractivity contribution in [1.29, 1.82) is 0 Å². The number of para-hydroxylation sites is 1. The number of fused-ring (bicyclic) bond motifs is 1. The molecular formula is C18H13BrN2O2S. The van der Waals surface area contributed by atoms with Gasteiger partial charge in [-0.2, -0.15) is 0 Å². The van der Waals surface area contributed by atoms with Gasteiger partial charge in [0.1, 0.15) is 16.6 Å². The Hall–Kier alpha value is -2.05. The van der Waals surface area contributed by atoms with Crippen molar-refractivity contribution < 1.29 is 9.90 Å². The average Bonchev–Trinajstić information content (AvgIpc) is 2.97. The monoisotopic (exact) mass is 400 g/mol. The van der Waals surface area contributed by atoms with Crippen molar-refractivity contribution in [2.75, 3.05) is 10.7 Å². The number of phenolic OH excluding ortho intramolecular Hbond substituents is 1. The molecular weight excluding hydrogens is 388 g/mol. The molecule has 4 nitrogen and oxygen atoms in total. The molecule has 1 aliphatic heterocycles. The highest BCUT2D eigenvalue weighted by molar-refractivity contribution is 9.10. The molecule has 1 N–H and O–H groups in total. The number of rotatable bonds is 2. The number of thioether (sulfide) groups is 1. The maximum absolute atomic E-state index is 12.4. The minimum absolute atomic E-state index is 0.0616. The smallest absolute Gasteiger partial charge is 0.238 e. The maximum atomic E-state index is 12.4. The highest BCUT2D eigenvalue weighted by atomic mass is 79.9. The van der Waals surface area contributed by atoms with E-state index in [0.717, 1.165) is 21.2 Å². The highest BCUT2D eigenvalue weighted by Crippen LogP contribution is 2.42. The van der Waals surface area contributed by atoms with E-state index in [1.54, 1.807) is 28.8 Å². The van der Waals surface area contributed by atoms with E-state index in [-0.39, 0.29) is 17.0 Å². The zero-order valence-corrected chi connectivity index (χ0v) is 14.9. The van der Waals surface area contributed by atoms with Crippen LogP contribution in [0.15, 0.2) is 59.1 Å². The van der Waals surface area contributed by atoms with Gasteiger partial charge in [0.25, 0.3) is 0 Å². The Labute approximate surface area is 151 Å². The molecule has 6 heteroatoms. The summed E-state index contributed by atoms with van der Waals surface area (Å²) in [6.07, 6.45) is 0. The van der Waals surface area contributed by atoms with Crippen LogP contribution in [0.5, 0.6) is 5.75 Å². The Balaban J connectivity index is 1.78. The zero-order chi connectivity index (χ0) is 16.7. The molecule has 0 aliphatic carbocycles. The minimum atomic E-state index is -0.192. The number of anilines is 1. The topological polar surface area (TPSA) is 53.4 Å². The van der Waals surface area contributed by atoms with Crippen LogP contribution in [0.25, 0.3) is 10.9 Å². The normalized spacial score (nSPS) is 17.6. The predicted molar refractivity (Wildman–Crippen MR) is 100 cm³/mol. The van der Waals surface area contributed by atoms with Crippen LogP contribution >= 0.6 is 27.7 Å². The van der Waals surface area contributed by atoms with Crippen LogP contribution in [0.2, 0.25) is 0 Å². The molecule has 1 amide bonds. The van der Waals surface area contributed by atoms with Crippen molar-refractivity contribution in [1.82, 2.24) is 4.98 Å². The summed E-state index contributed by atoms with van der Waals surface area (Å²) < 4.78 is 0.968. The number of hydrogen-bond donors (Lipinski definition) is 1. The van der Waals surface area contributed by atoms with Gasteiger partial charge in [0.05, 0.1) is 11.4 Å². The van der Waals surface area contributed by atoms with Gasteiger partial charge in [-0.15, -0.1) is 11.8 Å². The van der Waals surface area contributed by atoms with Gasteiger partial charge in [-0.3, -0.25) is 9.69 Å². The Morgan fingerprint density at radius 1 is 1.12 bits per heavy atom. The number of carbonyl (C=O) groups is 1. The molecule has 2 heterocycles. The molecule has 1 atom stereocenters. The molecule has 24 heavy (non-hydrogen) atoms. The van der Waals surface area contributed by atoms with E-state index in [9.17, 15) is 9.90 Å². The number of amides is 1. The summed E-state index contributed by atoms with van der Waals surface area (Å²) in [6, 6.07) is 16.8. The first-order chi connectivity index (χ1) is 11.6. The van der Waals surface area contributed by atoms with Gasteiger partial charge >= 0.3 is 0 Å². The number of carbonyl (C=O) groups excluding carboxylic acids is 1. The molecule has 2 aromatic carbocycles. The summed E-state index contributed by atoms with van der Waals surface area (Å²) in [7, 11) is 0. The highest BCUT2D eigenvalue weighted by Gasteiger charge is 2.35. The first-order valence-corrected chi connectivity index (χ1v) is 9.25. The molecule has 0 saturated carbocycles. The second kappa shape index (κ2) is 6.11.